The smallest absolute Gasteiger partial charge is 0.319 e. The van der Waals surface area contributed by atoms with Gasteiger partial charge in [-0.05, 0) is 42.3 Å². The highest BCUT2D eigenvalue weighted by Crippen LogP contribution is 2.30. The molecule has 186 valence electrons. The average molecular weight is 524 g/mol. The van der Waals surface area contributed by atoms with Crippen LogP contribution in [0.25, 0.3) is 5.69 Å². The fourth-order valence-electron chi connectivity index (χ4n) is 3.52. The third kappa shape index (κ3) is 6.10. The van der Waals surface area contributed by atoms with Crippen molar-refractivity contribution in [3.05, 3.63) is 88.7 Å². The number of anilines is 1. The minimum atomic E-state index is -0.408. The van der Waals surface area contributed by atoms with Crippen LogP contribution in [0.3, 0.4) is 0 Å². The summed E-state index contributed by atoms with van der Waals surface area (Å²) < 4.78 is 12.5. The summed E-state index contributed by atoms with van der Waals surface area (Å²) in [6, 6.07) is 20.6. The minimum absolute atomic E-state index is 0.148. The van der Waals surface area contributed by atoms with Crippen LogP contribution in [0.15, 0.2) is 71.9 Å². The highest BCUT2D eigenvalue weighted by atomic mass is 35.5. The summed E-state index contributed by atoms with van der Waals surface area (Å²) in [7, 11) is 3.10. The SMILES string of the molecule is COc1ccc(NC(=O)NCc2nnc(SCc3ccccc3)n2-c2cc(Cl)ccc2C)c(OC)c1. The van der Waals surface area contributed by atoms with Gasteiger partial charge >= 0.3 is 6.03 Å². The molecule has 0 aliphatic heterocycles. The molecule has 4 aromatic rings. The zero-order chi connectivity index (χ0) is 25.5. The van der Waals surface area contributed by atoms with E-state index in [0.29, 0.717) is 33.2 Å². The first-order chi connectivity index (χ1) is 17.5. The standard InChI is InChI=1S/C26H26ClN5O3S/c1-17-9-10-19(27)13-22(17)32-24(30-31-26(32)36-16-18-7-5-4-6-8-18)15-28-25(33)29-21-12-11-20(34-2)14-23(21)35-3/h4-14H,15-16H2,1-3H3,(H2,28,29,33). The predicted molar refractivity (Wildman–Crippen MR) is 143 cm³/mol. The van der Waals surface area contributed by atoms with E-state index in [1.54, 1.807) is 37.1 Å². The van der Waals surface area contributed by atoms with Gasteiger partial charge in [0.05, 0.1) is 32.1 Å². The summed E-state index contributed by atoms with van der Waals surface area (Å²) >= 11 is 7.88. The molecular formula is C26H26ClN5O3S. The van der Waals surface area contributed by atoms with Gasteiger partial charge in [-0.1, -0.05) is 59.8 Å². The summed E-state index contributed by atoms with van der Waals surface area (Å²) in [4.78, 5) is 12.7. The molecule has 0 saturated carbocycles. The van der Waals surface area contributed by atoms with Gasteiger partial charge in [0, 0.05) is 16.8 Å². The highest BCUT2D eigenvalue weighted by molar-refractivity contribution is 7.98. The number of hydrogen-bond acceptors (Lipinski definition) is 6. The van der Waals surface area contributed by atoms with E-state index in [-0.39, 0.29) is 6.54 Å². The van der Waals surface area contributed by atoms with Crippen LogP contribution in [0.4, 0.5) is 10.5 Å². The lowest BCUT2D eigenvalue weighted by molar-refractivity contribution is 0.251. The molecule has 0 aliphatic carbocycles. The summed E-state index contributed by atoms with van der Waals surface area (Å²) in [5, 5.41) is 15.8. The lowest BCUT2D eigenvalue weighted by Gasteiger charge is -2.15. The lowest BCUT2D eigenvalue weighted by atomic mass is 10.2. The van der Waals surface area contributed by atoms with Crippen LogP contribution in [-0.4, -0.2) is 35.0 Å². The number of amides is 2. The molecule has 0 aliphatic rings. The zero-order valence-corrected chi connectivity index (χ0v) is 21.7. The second kappa shape index (κ2) is 11.8. The second-order valence-electron chi connectivity index (χ2n) is 7.81. The van der Waals surface area contributed by atoms with E-state index in [4.69, 9.17) is 21.1 Å². The maximum atomic E-state index is 12.7. The molecule has 2 amide bonds. The molecule has 0 spiro atoms. The maximum absolute atomic E-state index is 12.7. The number of urea groups is 1. The van der Waals surface area contributed by atoms with Crippen LogP contribution in [0.1, 0.15) is 17.0 Å². The molecule has 4 rings (SSSR count). The van der Waals surface area contributed by atoms with Crippen LogP contribution < -0.4 is 20.1 Å². The Morgan fingerprint density at radius 1 is 1.03 bits per heavy atom. The number of methoxy groups -OCH3 is 2. The largest absolute Gasteiger partial charge is 0.497 e. The Hall–Kier alpha value is -3.69. The van der Waals surface area contributed by atoms with Gasteiger partial charge in [-0.25, -0.2) is 4.79 Å². The Labute approximate surface area is 219 Å². The molecule has 0 fully saturated rings. The first-order valence-electron chi connectivity index (χ1n) is 11.1. The van der Waals surface area contributed by atoms with Crippen LogP contribution >= 0.6 is 23.4 Å². The molecule has 10 heteroatoms. The first kappa shape index (κ1) is 25.4. The number of aromatic nitrogens is 3. The van der Waals surface area contributed by atoms with Gasteiger partial charge in [-0.2, -0.15) is 0 Å². The van der Waals surface area contributed by atoms with Crippen molar-refractivity contribution < 1.29 is 14.3 Å². The Kier molecular flexibility index (Phi) is 8.35. The van der Waals surface area contributed by atoms with E-state index in [9.17, 15) is 4.79 Å². The molecule has 36 heavy (non-hydrogen) atoms. The van der Waals surface area contributed by atoms with Gasteiger partial charge in [-0.15, -0.1) is 10.2 Å². The first-order valence-corrected chi connectivity index (χ1v) is 12.5. The van der Waals surface area contributed by atoms with Crippen LogP contribution in [0.2, 0.25) is 5.02 Å². The van der Waals surface area contributed by atoms with Crippen LogP contribution in [0.5, 0.6) is 11.5 Å². The van der Waals surface area contributed by atoms with Gasteiger partial charge in [0.15, 0.2) is 11.0 Å². The van der Waals surface area contributed by atoms with E-state index in [2.05, 4.69) is 33.0 Å². The summed E-state index contributed by atoms with van der Waals surface area (Å²) in [6.07, 6.45) is 0. The van der Waals surface area contributed by atoms with E-state index in [1.807, 2.05) is 47.9 Å². The van der Waals surface area contributed by atoms with Crippen molar-refractivity contribution in [3.8, 4) is 17.2 Å². The maximum Gasteiger partial charge on any atom is 0.319 e. The zero-order valence-electron chi connectivity index (χ0n) is 20.1. The number of carbonyl (C=O) groups is 1. The van der Waals surface area contributed by atoms with Crippen molar-refractivity contribution >= 4 is 35.1 Å². The monoisotopic (exact) mass is 523 g/mol. The predicted octanol–water partition coefficient (Wildman–Crippen LogP) is 5.86. The summed E-state index contributed by atoms with van der Waals surface area (Å²) in [6.45, 7) is 2.15. The average Bonchev–Trinajstić information content (AvgIpc) is 3.31. The number of rotatable bonds is 9. The van der Waals surface area contributed by atoms with Crippen molar-refractivity contribution in [1.82, 2.24) is 20.1 Å². The molecule has 1 heterocycles. The van der Waals surface area contributed by atoms with Gasteiger partial charge in [0.1, 0.15) is 11.5 Å². The molecule has 0 saturated heterocycles. The van der Waals surface area contributed by atoms with Crippen molar-refractivity contribution in [2.24, 2.45) is 0 Å². The van der Waals surface area contributed by atoms with E-state index >= 15 is 0 Å². The number of ether oxygens (including phenoxy) is 2. The molecular weight excluding hydrogens is 498 g/mol. The second-order valence-corrected chi connectivity index (χ2v) is 9.19. The Morgan fingerprint density at radius 2 is 1.83 bits per heavy atom. The van der Waals surface area contributed by atoms with Gasteiger partial charge < -0.3 is 20.1 Å². The normalized spacial score (nSPS) is 10.7. The molecule has 2 N–H and O–H groups in total. The molecule has 0 atom stereocenters. The van der Waals surface area contributed by atoms with E-state index in [0.717, 1.165) is 17.0 Å². The van der Waals surface area contributed by atoms with Crippen molar-refractivity contribution in [2.75, 3.05) is 19.5 Å². The molecule has 1 aromatic heterocycles. The molecule has 3 aromatic carbocycles. The Morgan fingerprint density at radius 3 is 2.58 bits per heavy atom. The highest BCUT2D eigenvalue weighted by Gasteiger charge is 2.18. The topological polar surface area (TPSA) is 90.3 Å². The lowest BCUT2D eigenvalue weighted by Crippen LogP contribution is -2.29. The number of halogens is 1. The number of aryl methyl sites for hydroxylation is 1. The molecule has 0 radical (unpaired) electrons. The van der Waals surface area contributed by atoms with Crippen molar-refractivity contribution in [1.29, 1.82) is 0 Å². The fourth-order valence-corrected chi connectivity index (χ4v) is 4.61. The van der Waals surface area contributed by atoms with Gasteiger partial charge in [0.25, 0.3) is 0 Å². The molecule has 0 bridgehead atoms. The van der Waals surface area contributed by atoms with Gasteiger partial charge in [-0.3, -0.25) is 4.57 Å². The van der Waals surface area contributed by atoms with Crippen molar-refractivity contribution in [2.45, 2.75) is 24.4 Å². The third-order valence-corrected chi connectivity index (χ3v) is 6.62. The van der Waals surface area contributed by atoms with Gasteiger partial charge in [0.2, 0.25) is 0 Å². The summed E-state index contributed by atoms with van der Waals surface area (Å²) in [5.41, 5.74) is 3.56. The quantitative estimate of drug-likeness (QED) is 0.267. The summed E-state index contributed by atoms with van der Waals surface area (Å²) in [5.74, 6) is 2.42. The van der Waals surface area contributed by atoms with Crippen LogP contribution in [-0.2, 0) is 12.3 Å². The number of thioether (sulfide) groups is 1. The van der Waals surface area contributed by atoms with E-state index in [1.165, 1.54) is 12.7 Å². The third-order valence-electron chi connectivity index (χ3n) is 5.39. The Bertz CT molecular complexity index is 1350. The number of nitrogens with one attached hydrogen (secondary N) is 2. The number of benzene rings is 3. The number of nitrogens with zero attached hydrogens (tertiary/aromatic N) is 3. The number of hydrogen-bond donors (Lipinski definition) is 2. The Balaban J connectivity index is 1.54. The fraction of sp³-hybridized carbons (Fsp3) is 0.192. The minimum Gasteiger partial charge on any atom is -0.497 e. The molecule has 0 unspecified atom stereocenters. The van der Waals surface area contributed by atoms with E-state index < -0.39 is 6.03 Å². The number of carbonyl (C=O) groups excluding carboxylic acids is 1. The molecule has 8 nitrogen and oxygen atoms in total. The van der Waals surface area contributed by atoms with Crippen LogP contribution in [0, 0.1) is 6.92 Å². The van der Waals surface area contributed by atoms with Crippen molar-refractivity contribution in [3.63, 3.8) is 0 Å².